The lowest BCUT2D eigenvalue weighted by Gasteiger charge is -2.27. The number of aryl methyl sites for hydroxylation is 2. The van der Waals surface area contributed by atoms with Gasteiger partial charge in [0.1, 0.15) is 5.57 Å². The maximum absolute atomic E-state index is 13.4. The number of benzene rings is 3. The number of carbonyl (C=O) groups excluding carboxylic acids is 3. The molecule has 7 heteroatoms. The maximum atomic E-state index is 13.4. The van der Waals surface area contributed by atoms with E-state index in [1.54, 1.807) is 12.1 Å². The molecule has 4 amide bonds. The Morgan fingerprint density at radius 2 is 1.67 bits per heavy atom. The molecule has 0 aromatic heterocycles. The standard InChI is InChI=1S/C26H20Br2N2O3/c1-15-7-10-23(16(2)11-15)30-25(32)21(24(31)29-26(30)33)14-19-13-20(27)9-8-17(19)12-18-5-3-4-6-22(18)28/h3-11,13-14H,12H2,1-2H3,(H,29,31,33)/b21-14+. The van der Waals surface area contributed by atoms with Gasteiger partial charge in [0.15, 0.2) is 0 Å². The van der Waals surface area contributed by atoms with E-state index < -0.39 is 17.8 Å². The predicted octanol–water partition coefficient (Wildman–Crippen LogP) is 6.09. The Labute approximate surface area is 208 Å². The number of rotatable bonds is 4. The summed E-state index contributed by atoms with van der Waals surface area (Å²) in [6, 6.07) is 18.3. The van der Waals surface area contributed by atoms with Crippen LogP contribution in [0.25, 0.3) is 6.08 Å². The Morgan fingerprint density at radius 3 is 2.39 bits per heavy atom. The summed E-state index contributed by atoms with van der Waals surface area (Å²) in [6.07, 6.45) is 2.15. The zero-order chi connectivity index (χ0) is 23.7. The fraction of sp³-hybridized carbons (Fsp3) is 0.115. The summed E-state index contributed by atoms with van der Waals surface area (Å²) < 4.78 is 1.79. The Morgan fingerprint density at radius 1 is 0.909 bits per heavy atom. The minimum Gasteiger partial charge on any atom is -0.273 e. The van der Waals surface area contributed by atoms with Crippen molar-refractivity contribution in [1.29, 1.82) is 0 Å². The molecule has 0 aliphatic carbocycles. The molecule has 0 saturated carbocycles. The van der Waals surface area contributed by atoms with Crippen molar-refractivity contribution in [2.45, 2.75) is 20.3 Å². The van der Waals surface area contributed by atoms with Gasteiger partial charge in [-0.15, -0.1) is 0 Å². The minimum atomic E-state index is -0.753. The lowest BCUT2D eigenvalue weighted by Crippen LogP contribution is -2.54. The van der Waals surface area contributed by atoms with E-state index in [0.29, 0.717) is 17.7 Å². The Balaban J connectivity index is 1.77. The zero-order valence-corrected chi connectivity index (χ0v) is 21.2. The summed E-state index contributed by atoms with van der Waals surface area (Å²) in [7, 11) is 0. The SMILES string of the molecule is Cc1ccc(N2C(=O)NC(=O)/C(=C\c3cc(Br)ccc3Cc3ccccc3Br)C2=O)c(C)c1. The van der Waals surface area contributed by atoms with Crippen LogP contribution in [0.5, 0.6) is 0 Å². The van der Waals surface area contributed by atoms with Gasteiger partial charge in [-0.3, -0.25) is 14.9 Å². The van der Waals surface area contributed by atoms with Crippen molar-refractivity contribution >= 4 is 61.5 Å². The molecule has 166 valence electrons. The number of carbonyl (C=O) groups is 3. The number of imide groups is 2. The molecule has 4 rings (SSSR count). The van der Waals surface area contributed by atoms with Crippen LogP contribution >= 0.6 is 31.9 Å². The highest BCUT2D eigenvalue weighted by atomic mass is 79.9. The van der Waals surface area contributed by atoms with Crippen molar-refractivity contribution in [2.75, 3.05) is 4.90 Å². The van der Waals surface area contributed by atoms with E-state index in [9.17, 15) is 14.4 Å². The minimum absolute atomic E-state index is 0.0962. The van der Waals surface area contributed by atoms with E-state index in [1.165, 1.54) is 0 Å². The number of hydrogen-bond acceptors (Lipinski definition) is 3. The molecule has 0 radical (unpaired) electrons. The molecule has 0 unspecified atom stereocenters. The van der Waals surface area contributed by atoms with Gasteiger partial charge in [-0.1, -0.05) is 73.8 Å². The number of nitrogens with one attached hydrogen (secondary N) is 1. The van der Waals surface area contributed by atoms with Crippen LogP contribution in [0, 0.1) is 13.8 Å². The number of amides is 4. The lowest BCUT2D eigenvalue weighted by atomic mass is 9.97. The number of halogens is 2. The molecule has 33 heavy (non-hydrogen) atoms. The predicted molar refractivity (Wildman–Crippen MR) is 136 cm³/mol. The molecule has 3 aromatic carbocycles. The third kappa shape index (κ3) is 4.84. The van der Waals surface area contributed by atoms with Crippen LogP contribution in [0.1, 0.15) is 27.8 Å². The van der Waals surface area contributed by atoms with Gasteiger partial charge in [-0.25, -0.2) is 9.69 Å². The molecule has 1 saturated heterocycles. The van der Waals surface area contributed by atoms with Gasteiger partial charge in [0, 0.05) is 8.95 Å². The molecule has 5 nitrogen and oxygen atoms in total. The Hall–Kier alpha value is -3.03. The van der Waals surface area contributed by atoms with Crippen molar-refractivity contribution in [2.24, 2.45) is 0 Å². The third-order valence-corrected chi connectivity index (χ3v) is 6.71. The summed E-state index contributed by atoms with van der Waals surface area (Å²) in [6.45, 7) is 3.76. The summed E-state index contributed by atoms with van der Waals surface area (Å²) in [5, 5.41) is 2.30. The lowest BCUT2D eigenvalue weighted by molar-refractivity contribution is -0.122. The molecule has 3 aromatic rings. The number of barbiturate groups is 1. The van der Waals surface area contributed by atoms with Gasteiger partial charge in [0.2, 0.25) is 0 Å². The molecular formula is C26H20Br2N2O3. The highest BCUT2D eigenvalue weighted by Gasteiger charge is 2.37. The molecule has 1 aliphatic rings. The van der Waals surface area contributed by atoms with Gasteiger partial charge in [-0.2, -0.15) is 0 Å². The van der Waals surface area contributed by atoms with Crippen LogP contribution in [0.3, 0.4) is 0 Å². The number of urea groups is 1. The molecule has 1 aliphatic heterocycles. The van der Waals surface area contributed by atoms with E-state index in [1.807, 2.05) is 68.4 Å². The normalized spacial score (nSPS) is 15.2. The van der Waals surface area contributed by atoms with Gasteiger partial charge < -0.3 is 0 Å². The molecule has 0 atom stereocenters. The van der Waals surface area contributed by atoms with Crippen molar-refractivity contribution in [3.63, 3.8) is 0 Å². The first-order valence-electron chi connectivity index (χ1n) is 10.2. The van der Waals surface area contributed by atoms with Gasteiger partial charge in [0.25, 0.3) is 11.8 Å². The number of nitrogens with zero attached hydrogens (tertiary/aromatic N) is 1. The van der Waals surface area contributed by atoms with E-state index in [-0.39, 0.29) is 5.57 Å². The van der Waals surface area contributed by atoms with Crippen LogP contribution in [0.4, 0.5) is 10.5 Å². The number of hydrogen-bond donors (Lipinski definition) is 1. The van der Waals surface area contributed by atoms with Crippen molar-refractivity contribution in [3.05, 3.63) is 103 Å². The van der Waals surface area contributed by atoms with E-state index >= 15 is 0 Å². The van der Waals surface area contributed by atoms with Crippen LogP contribution in [-0.4, -0.2) is 17.8 Å². The summed E-state index contributed by atoms with van der Waals surface area (Å²) in [5.41, 5.74) is 4.86. The molecule has 0 spiro atoms. The van der Waals surface area contributed by atoms with Crippen molar-refractivity contribution in [1.82, 2.24) is 5.32 Å². The van der Waals surface area contributed by atoms with Crippen molar-refractivity contribution < 1.29 is 14.4 Å². The molecule has 1 fully saturated rings. The van der Waals surface area contributed by atoms with Gasteiger partial charge >= 0.3 is 6.03 Å². The first-order valence-corrected chi connectivity index (χ1v) is 11.8. The smallest absolute Gasteiger partial charge is 0.273 e. The van der Waals surface area contributed by atoms with Gasteiger partial charge in [0.05, 0.1) is 5.69 Å². The van der Waals surface area contributed by atoms with E-state index in [4.69, 9.17) is 0 Å². The van der Waals surface area contributed by atoms with Gasteiger partial charge in [-0.05, 0) is 72.9 Å². The second-order valence-electron chi connectivity index (χ2n) is 7.86. The first kappa shape index (κ1) is 23.1. The molecule has 0 bridgehead atoms. The first-order chi connectivity index (χ1) is 15.7. The molecule has 1 N–H and O–H groups in total. The topological polar surface area (TPSA) is 66.5 Å². The summed E-state index contributed by atoms with van der Waals surface area (Å²) >= 11 is 7.05. The highest BCUT2D eigenvalue weighted by molar-refractivity contribution is 9.10. The van der Waals surface area contributed by atoms with E-state index in [0.717, 1.165) is 36.1 Å². The second-order valence-corrected chi connectivity index (χ2v) is 9.63. The van der Waals surface area contributed by atoms with E-state index in [2.05, 4.69) is 37.2 Å². The summed E-state index contributed by atoms with van der Waals surface area (Å²) in [4.78, 5) is 39.6. The number of anilines is 1. The average Bonchev–Trinajstić information content (AvgIpc) is 2.75. The largest absolute Gasteiger partial charge is 0.335 e. The highest BCUT2D eigenvalue weighted by Crippen LogP contribution is 2.29. The Kier molecular flexibility index (Phi) is 6.63. The van der Waals surface area contributed by atoms with Crippen LogP contribution < -0.4 is 10.2 Å². The monoisotopic (exact) mass is 566 g/mol. The zero-order valence-electron chi connectivity index (χ0n) is 18.0. The fourth-order valence-corrected chi connectivity index (χ4v) is 4.60. The fourth-order valence-electron chi connectivity index (χ4n) is 3.80. The van der Waals surface area contributed by atoms with Crippen LogP contribution in [0.2, 0.25) is 0 Å². The average molecular weight is 568 g/mol. The second kappa shape index (κ2) is 9.45. The maximum Gasteiger partial charge on any atom is 0.335 e. The Bertz CT molecular complexity index is 1330. The van der Waals surface area contributed by atoms with Crippen LogP contribution in [-0.2, 0) is 16.0 Å². The molecular weight excluding hydrogens is 548 g/mol. The van der Waals surface area contributed by atoms with Crippen molar-refractivity contribution in [3.8, 4) is 0 Å². The summed E-state index contributed by atoms with van der Waals surface area (Å²) in [5.74, 6) is -1.36. The van der Waals surface area contributed by atoms with Crippen LogP contribution in [0.15, 0.2) is 75.2 Å². The third-order valence-electron chi connectivity index (χ3n) is 5.44. The quantitative estimate of drug-likeness (QED) is 0.306. The molecule has 1 heterocycles.